The Kier molecular flexibility index (Phi) is 5.38. The summed E-state index contributed by atoms with van der Waals surface area (Å²) in [5.74, 6) is 2.03. The van der Waals surface area contributed by atoms with Gasteiger partial charge in [-0.2, -0.15) is 0 Å². The van der Waals surface area contributed by atoms with Crippen LogP contribution < -0.4 is 19.5 Å². The summed E-state index contributed by atoms with van der Waals surface area (Å²) in [7, 11) is 0. The molecule has 0 fully saturated rings. The number of amides is 1. The van der Waals surface area contributed by atoms with Crippen LogP contribution in [0.15, 0.2) is 60.8 Å². The Morgan fingerprint density at radius 3 is 3.00 bits per heavy atom. The monoisotopic (exact) mass is 376 g/mol. The van der Waals surface area contributed by atoms with Crippen LogP contribution in [-0.4, -0.2) is 30.8 Å². The summed E-state index contributed by atoms with van der Waals surface area (Å²) in [6, 6.07) is 15.3. The third kappa shape index (κ3) is 4.23. The third-order valence-corrected chi connectivity index (χ3v) is 4.30. The fourth-order valence-electron chi connectivity index (χ4n) is 2.91. The Labute approximate surface area is 162 Å². The average molecular weight is 376 g/mol. The summed E-state index contributed by atoms with van der Waals surface area (Å²) < 4.78 is 16.4. The molecule has 1 N–H and O–H groups in total. The van der Waals surface area contributed by atoms with Crippen LogP contribution in [0.3, 0.4) is 0 Å². The van der Waals surface area contributed by atoms with Crippen LogP contribution in [0.25, 0.3) is 17.0 Å². The van der Waals surface area contributed by atoms with E-state index in [9.17, 15) is 4.79 Å². The number of nitrogens with zero attached hydrogens (tertiary/aromatic N) is 1. The first-order valence-corrected chi connectivity index (χ1v) is 9.12. The topological polar surface area (TPSA) is 69.7 Å². The number of carbonyl (C=O) groups excluding carboxylic acids is 1. The fraction of sp³-hybridized carbons (Fsp3) is 0.182. The second kappa shape index (κ2) is 8.43. The van der Waals surface area contributed by atoms with E-state index in [0.717, 1.165) is 28.0 Å². The highest BCUT2D eigenvalue weighted by Gasteiger charge is 2.12. The minimum absolute atomic E-state index is 0.149. The molecule has 0 spiro atoms. The van der Waals surface area contributed by atoms with E-state index in [2.05, 4.69) is 10.3 Å². The van der Waals surface area contributed by atoms with E-state index in [1.807, 2.05) is 48.5 Å². The Morgan fingerprint density at radius 2 is 2.04 bits per heavy atom. The van der Waals surface area contributed by atoms with Crippen LogP contribution in [0.5, 0.6) is 17.2 Å². The SMILES string of the molecule is O=C(C=Cc1ccc2c(c1)OCO2)NCCCOc1cccc2cccnc12. The van der Waals surface area contributed by atoms with Crippen molar-refractivity contribution in [3.63, 3.8) is 0 Å². The van der Waals surface area contributed by atoms with Crippen LogP contribution in [0.4, 0.5) is 0 Å². The first kappa shape index (κ1) is 17.9. The second-order valence-electron chi connectivity index (χ2n) is 6.27. The summed E-state index contributed by atoms with van der Waals surface area (Å²) in [5.41, 5.74) is 1.73. The molecule has 1 aromatic heterocycles. The zero-order chi connectivity index (χ0) is 19.2. The maximum Gasteiger partial charge on any atom is 0.244 e. The highest BCUT2D eigenvalue weighted by molar-refractivity contribution is 5.91. The molecule has 1 amide bonds. The van der Waals surface area contributed by atoms with E-state index in [1.54, 1.807) is 12.3 Å². The predicted molar refractivity (Wildman–Crippen MR) is 106 cm³/mol. The summed E-state index contributed by atoms with van der Waals surface area (Å²) in [6.45, 7) is 1.27. The molecule has 2 heterocycles. The van der Waals surface area contributed by atoms with Gasteiger partial charge < -0.3 is 19.5 Å². The van der Waals surface area contributed by atoms with E-state index in [4.69, 9.17) is 14.2 Å². The molecule has 0 saturated carbocycles. The maximum absolute atomic E-state index is 12.0. The number of para-hydroxylation sites is 1. The standard InChI is InChI=1S/C22H20N2O4/c25-21(10-8-16-7-9-18-20(14-16)28-15-27-18)23-12-3-13-26-19-6-1-4-17-5-2-11-24-22(17)19/h1-2,4-11,14H,3,12-13,15H2,(H,23,25). The second-order valence-corrected chi connectivity index (χ2v) is 6.27. The summed E-state index contributed by atoms with van der Waals surface area (Å²) in [4.78, 5) is 16.3. The normalized spacial score (nSPS) is 12.4. The first-order chi connectivity index (χ1) is 13.8. The van der Waals surface area contributed by atoms with Crippen molar-refractivity contribution < 1.29 is 19.0 Å². The lowest BCUT2D eigenvalue weighted by Crippen LogP contribution is -2.23. The minimum atomic E-state index is -0.149. The van der Waals surface area contributed by atoms with Gasteiger partial charge in [0.15, 0.2) is 11.5 Å². The molecule has 1 aliphatic rings. The van der Waals surface area contributed by atoms with Crippen molar-refractivity contribution in [1.29, 1.82) is 0 Å². The molecular formula is C22H20N2O4. The summed E-state index contributed by atoms with van der Waals surface area (Å²) in [6.07, 6.45) is 5.71. The molecule has 4 rings (SSSR count). The van der Waals surface area contributed by atoms with Gasteiger partial charge in [0.25, 0.3) is 0 Å². The zero-order valence-electron chi connectivity index (χ0n) is 15.3. The number of carbonyl (C=O) groups is 1. The van der Waals surface area contributed by atoms with Crippen molar-refractivity contribution in [3.05, 3.63) is 66.4 Å². The lowest BCUT2D eigenvalue weighted by molar-refractivity contribution is -0.116. The highest BCUT2D eigenvalue weighted by atomic mass is 16.7. The van der Waals surface area contributed by atoms with Crippen LogP contribution in [-0.2, 0) is 4.79 Å². The third-order valence-electron chi connectivity index (χ3n) is 4.30. The largest absolute Gasteiger partial charge is 0.491 e. The van der Waals surface area contributed by atoms with Gasteiger partial charge in [-0.1, -0.05) is 24.3 Å². The van der Waals surface area contributed by atoms with Gasteiger partial charge >= 0.3 is 0 Å². The van der Waals surface area contributed by atoms with Gasteiger partial charge in [-0.3, -0.25) is 9.78 Å². The number of pyridine rings is 1. The van der Waals surface area contributed by atoms with Crippen LogP contribution in [0.1, 0.15) is 12.0 Å². The van der Waals surface area contributed by atoms with E-state index < -0.39 is 0 Å². The maximum atomic E-state index is 12.0. The molecule has 6 heteroatoms. The Bertz CT molecular complexity index is 1010. The lowest BCUT2D eigenvalue weighted by atomic mass is 10.2. The number of ether oxygens (including phenoxy) is 3. The minimum Gasteiger partial charge on any atom is -0.491 e. The fourth-order valence-corrected chi connectivity index (χ4v) is 2.91. The van der Waals surface area contributed by atoms with E-state index in [0.29, 0.717) is 25.3 Å². The van der Waals surface area contributed by atoms with Crippen LogP contribution in [0, 0.1) is 0 Å². The molecule has 3 aromatic rings. The van der Waals surface area contributed by atoms with Gasteiger partial charge in [0.2, 0.25) is 12.7 Å². The van der Waals surface area contributed by atoms with Gasteiger partial charge in [0.05, 0.1) is 6.61 Å². The molecule has 6 nitrogen and oxygen atoms in total. The van der Waals surface area contributed by atoms with Crippen molar-refractivity contribution in [2.24, 2.45) is 0 Å². The van der Waals surface area contributed by atoms with Gasteiger partial charge in [0, 0.05) is 24.2 Å². The Balaban J connectivity index is 1.21. The number of fused-ring (bicyclic) bond motifs is 2. The van der Waals surface area contributed by atoms with Crippen molar-refractivity contribution in [2.75, 3.05) is 19.9 Å². The van der Waals surface area contributed by atoms with E-state index in [-0.39, 0.29) is 12.7 Å². The average Bonchev–Trinajstić information content (AvgIpc) is 3.20. The zero-order valence-corrected chi connectivity index (χ0v) is 15.3. The van der Waals surface area contributed by atoms with Crippen LogP contribution in [0.2, 0.25) is 0 Å². The summed E-state index contributed by atoms with van der Waals surface area (Å²) >= 11 is 0. The number of aromatic nitrogens is 1. The number of benzene rings is 2. The number of hydrogen-bond acceptors (Lipinski definition) is 5. The van der Waals surface area contributed by atoms with Gasteiger partial charge in [-0.05, 0) is 42.3 Å². The van der Waals surface area contributed by atoms with Crippen molar-refractivity contribution in [1.82, 2.24) is 10.3 Å². The quantitative estimate of drug-likeness (QED) is 0.504. The van der Waals surface area contributed by atoms with E-state index >= 15 is 0 Å². The number of nitrogens with one attached hydrogen (secondary N) is 1. The molecule has 0 bridgehead atoms. The van der Waals surface area contributed by atoms with Crippen molar-refractivity contribution >= 4 is 22.9 Å². The smallest absolute Gasteiger partial charge is 0.244 e. The van der Waals surface area contributed by atoms with Crippen molar-refractivity contribution in [3.8, 4) is 17.2 Å². The van der Waals surface area contributed by atoms with Crippen molar-refractivity contribution in [2.45, 2.75) is 6.42 Å². The van der Waals surface area contributed by atoms with E-state index in [1.165, 1.54) is 6.08 Å². The molecule has 0 unspecified atom stereocenters. The Hall–Kier alpha value is -3.54. The highest BCUT2D eigenvalue weighted by Crippen LogP contribution is 2.32. The number of hydrogen-bond donors (Lipinski definition) is 1. The molecular weight excluding hydrogens is 356 g/mol. The first-order valence-electron chi connectivity index (χ1n) is 9.12. The molecule has 142 valence electrons. The molecule has 0 radical (unpaired) electrons. The molecule has 0 atom stereocenters. The Morgan fingerprint density at radius 1 is 1.14 bits per heavy atom. The molecule has 0 aliphatic carbocycles. The van der Waals surface area contributed by atoms with Gasteiger partial charge in [-0.25, -0.2) is 0 Å². The molecule has 0 saturated heterocycles. The number of rotatable bonds is 7. The lowest BCUT2D eigenvalue weighted by Gasteiger charge is -2.08. The predicted octanol–water partition coefficient (Wildman–Crippen LogP) is 3.56. The van der Waals surface area contributed by atoms with Crippen LogP contribution >= 0.6 is 0 Å². The van der Waals surface area contributed by atoms with Gasteiger partial charge in [0.1, 0.15) is 11.3 Å². The molecule has 2 aromatic carbocycles. The van der Waals surface area contributed by atoms with Gasteiger partial charge in [-0.15, -0.1) is 0 Å². The summed E-state index contributed by atoms with van der Waals surface area (Å²) in [5, 5.41) is 3.89. The molecule has 1 aliphatic heterocycles. The molecule has 28 heavy (non-hydrogen) atoms.